The van der Waals surface area contributed by atoms with Gasteiger partial charge in [-0.1, -0.05) is 34.7 Å². The van der Waals surface area contributed by atoms with E-state index in [2.05, 4.69) is 10.4 Å². The second-order valence-corrected chi connectivity index (χ2v) is 7.05. The Morgan fingerprint density at radius 1 is 1.50 bits per heavy atom. The van der Waals surface area contributed by atoms with E-state index in [1.807, 2.05) is 19.1 Å². The largest absolute Gasteiger partial charge is 0.356 e. The molecule has 1 aromatic heterocycles. The highest BCUT2D eigenvalue weighted by Gasteiger charge is 2.08. The third-order valence-corrected chi connectivity index (χ3v) is 4.92. The molecule has 0 fully saturated rings. The summed E-state index contributed by atoms with van der Waals surface area (Å²) in [4.78, 5) is 11.4. The molecule has 2 aromatic rings. The molecule has 106 valence electrons. The van der Waals surface area contributed by atoms with E-state index in [1.54, 1.807) is 16.8 Å². The van der Waals surface area contributed by atoms with Gasteiger partial charge in [-0.15, -0.1) is 5.10 Å². The molecule has 0 atom stereocenters. The van der Waals surface area contributed by atoms with Gasteiger partial charge in [-0.05, 0) is 43.4 Å². The molecule has 1 N–H and O–H groups in total. The van der Waals surface area contributed by atoms with Crippen molar-refractivity contribution in [2.45, 2.75) is 11.3 Å². The first kappa shape index (κ1) is 15.5. The van der Waals surface area contributed by atoms with E-state index < -0.39 is 0 Å². The highest BCUT2D eigenvalue weighted by molar-refractivity contribution is 8.01. The molecule has 1 aromatic carbocycles. The maximum absolute atomic E-state index is 11.4. The minimum absolute atomic E-state index is 0.00309. The van der Waals surface area contributed by atoms with E-state index in [0.717, 1.165) is 10.0 Å². The lowest BCUT2D eigenvalue weighted by Gasteiger charge is -2.00. The number of nitrogens with zero attached hydrogens (tertiary/aromatic N) is 2. The second-order valence-electron chi connectivity index (χ2n) is 3.76. The first-order chi connectivity index (χ1) is 9.60. The number of halogens is 1. The van der Waals surface area contributed by atoms with Crippen molar-refractivity contribution in [3.63, 3.8) is 0 Å². The maximum Gasteiger partial charge on any atom is 0.230 e. The monoisotopic (exact) mass is 345 g/mol. The predicted octanol–water partition coefficient (Wildman–Crippen LogP) is 3.54. The average molecular weight is 346 g/mol. The van der Waals surface area contributed by atoms with E-state index in [4.69, 9.17) is 23.8 Å². The van der Waals surface area contributed by atoms with Crippen molar-refractivity contribution >= 4 is 52.8 Å². The number of hydrogen-bond acceptors (Lipinski definition) is 5. The summed E-state index contributed by atoms with van der Waals surface area (Å²) in [6.45, 7) is 2.52. The number of thioether (sulfide) groups is 1. The van der Waals surface area contributed by atoms with Crippen LogP contribution in [0.1, 0.15) is 6.92 Å². The zero-order valence-corrected chi connectivity index (χ0v) is 13.8. The van der Waals surface area contributed by atoms with Gasteiger partial charge in [0.05, 0.1) is 11.4 Å². The Hall–Kier alpha value is -0.890. The Morgan fingerprint density at radius 3 is 2.85 bits per heavy atom. The number of aromatic nitrogens is 2. The fourth-order valence-electron chi connectivity index (χ4n) is 1.44. The van der Waals surface area contributed by atoms with Crippen molar-refractivity contribution in [1.29, 1.82) is 0 Å². The number of carbonyl (C=O) groups is 1. The quantitative estimate of drug-likeness (QED) is 0.665. The number of carbonyl (C=O) groups excluding carboxylic acids is 1. The first-order valence-corrected chi connectivity index (χ1v) is 8.44. The van der Waals surface area contributed by atoms with Crippen molar-refractivity contribution in [2.24, 2.45) is 0 Å². The predicted molar refractivity (Wildman–Crippen MR) is 86.7 cm³/mol. The highest BCUT2D eigenvalue weighted by Crippen LogP contribution is 2.24. The lowest BCUT2D eigenvalue weighted by molar-refractivity contribution is -0.118. The average Bonchev–Trinajstić information content (AvgIpc) is 2.79. The van der Waals surface area contributed by atoms with Gasteiger partial charge in [-0.25, -0.2) is 4.68 Å². The van der Waals surface area contributed by atoms with Crippen LogP contribution in [-0.4, -0.2) is 28.0 Å². The van der Waals surface area contributed by atoms with Gasteiger partial charge in [0.1, 0.15) is 0 Å². The molecule has 20 heavy (non-hydrogen) atoms. The third-order valence-electron chi connectivity index (χ3n) is 2.30. The maximum atomic E-state index is 11.4. The fourth-order valence-corrected chi connectivity index (χ4v) is 3.76. The van der Waals surface area contributed by atoms with Crippen molar-refractivity contribution in [3.8, 4) is 5.69 Å². The standard InChI is InChI=1S/C12H12ClN3OS3/c1-2-14-10(17)7-19-11-15-16(12(18)20-11)9-5-3-8(13)4-6-9/h3-6H,2,7H2,1H3,(H,14,17). The van der Waals surface area contributed by atoms with Gasteiger partial charge in [-0.2, -0.15) is 0 Å². The van der Waals surface area contributed by atoms with Gasteiger partial charge >= 0.3 is 0 Å². The Balaban J connectivity index is 2.11. The minimum Gasteiger partial charge on any atom is -0.356 e. The van der Waals surface area contributed by atoms with Crippen LogP contribution in [0.25, 0.3) is 5.69 Å². The molecule has 0 aliphatic rings. The molecule has 8 heteroatoms. The van der Waals surface area contributed by atoms with E-state index in [9.17, 15) is 4.79 Å². The Labute approximate surface area is 135 Å². The SMILES string of the molecule is CCNC(=O)CSc1nn(-c2ccc(Cl)cc2)c(=S)s1. The molecule has 0 spiro atoms. The lowest BCUT2D eigenvalue weighted by Crippen LogP contribution is -2.24. The summed E-state index contributed by atoms with van der Waals surface area (Å²) in [5.74, 6) is 0.341. The molecule has 1 heterocycles. The number of hydrogen-bond donors (Lipinski definition) is 1. The van der Waals surface area contributed by atoms with E-state index in [0.29, 0.717) is 21.3 Å². The van der Waals surface area contributed by atoms with E-state index >= 15 is 0 Å². The van der Waals surface area contributed by atoms with Gasteiger partial charge in [0.15, 0.2) is 8.29 Å². The molecule has 0 aliphatic heterocycles. The molecule has 0 unspecified atom stereocenters. The van der Waals surface area contributed by atoms with Gasteiger partial charge in [0.2, 0.25) is 5.91 Å². The molecule has 0 radical (unpaired) electrons. The number of rotatable bonds is 5. The van der Waals surface area contributed by atoms with Crippen LogP contribution < -0.4 is 5.32 Å². The zero-order valence-electron chi connectivity index (χ0n) is 10.6. The summed E-state index contributed by atoms with van der Waals surface area (Å²) in [6.07, 6.45) is 0. The highest BCUT2D eigenvalue weighted by atomic mass is 35.5. The molecule has 4 nitrogen and oxygen atoms in total. The molecule has 0 saturated carbocycles. The van der Waals surface area contributed by atoms with Crippen LogP contribution in [0.3, 0.4) is 0 Å². The van der Waals surface area contributed by atoms with E-state index in [1.165, 1.54) is 23.1 Å². The van der Waals surface area contributed by atoms with Gasteiger partial charge in [0.25, 0.3) is 0 Å². The van der Waals surface area contributed by atoms with Crippen molar-refractivity contribution in [1.82, 2.24) is 15.1 Å². The number of amides is 1. The lowest BCUT2D eigenvalue weighted by atomic mass is 10.3. The van der Waals surface area contributed by atoms with Crippen LogP contribution >= 0.6 is 46.9 Å². The molecule has 0 bridgehead atoms. The van der Waals surface area contributed by atoms with Gasteiger partial charge in [-0.3, -0.25) is 4.79 Å². The Morgan fingerprint density at radius 2 is 2.20 bits per heavy atom. The minimum atomic E-state index is -0.00309. The van der Waals surface area contributed by atoms with Crippen molar-refractivity contribution in [2.75, 3.05) is 12.3 Å². The second kappa shape index (κ2) is 7.21. The number of nitrogens with one attached hydrogen (secondary N) is 1. The van der Waals surface area contributed by atoms with Crippen LogP contribution in [0.4, 0.5) is 0 Å². The van der Waals surface area contributed by atoms with Crippen molar-refractivity contribution < 1.29 is 4.79 Å². The summed E-state index contributed by atoms with van der Waals surface area (Å²) in [7, 11) is 0. The zero-order chi connectivity index (χ0) is 14.5. The summed E-state index contributed by atoms with van der Waals surface area (Å²) in [5, 5.41) is 7.83. The molecule has 0 aliphatic carbocycles. The normalized spacial score (nSPS) is 10.5. The number of benzene rings is 1. The topological polar surface area (TPSA) is 46.9 Å². The Bertz CT molecular complexity index is 651. The van der Waals surface area contributed by atoms with Gasteiger partial charge in [0, 0.05) is 11.6 Å². The summed E-state index contributed by atoms with van der Waals surface area (Å²) >= 11 is 13.9. The van der Waals surface area contributed by atoms with E-state index in [-0.39, 0.29) is 5.91 Å². The Kier molecular flexibility index (Phi) is 5.59. The van der Waals surface area contributed by atoms with Crippen molar-refractivity contribution in [3.05, 3.63) is 33.2 Å². The van der Waals surface area contributed by atoms with Crippen LogP contribution in [-0.2, 0) is 4.79 Å². The summed E-state index contributed by atoms with van der Waals surface area (Å²) < 4.78 is 3.10. The van der Waals surface area contributed by atoms with Crippen LogP contribution in [0.5, 0.6) is 0 Å². The molecular formula is C12H12ClN3OS3. The third kappa shape index (κ3) is 4.05. The molecule has 0 saturated heterocycles. The molecular weight excluding hydrogens is 334 g/mol. The molecule has 1 amide bonds. The van der Waals surface area contributed by atoms with Gasteiger partial charge < -0.3 is 5.32 Å². The summed E-state index contributed by atoms with van der Waals surface area (Å²) in [6, 6.07) is 7.30. The summed E-state index contributed by atoms with van der Waals surface area (Å²) in [5.41, 5.74) is 0.862. The van der Waals surface area contributed by atoms with Crippen LogP contribution in [0.15, 0.2) is 28.6 Å². The van der Waals surface area contributed by atoms with Crippen LogP contribution in [0, 0.1) is 3.95 Å². The fraction of sp³-hybridized carbons (Fsp3) is 0.250. The molecule has 2 rings (SSSR count). The van der Waals surface area contributed by atoms with Crippen LogP contribution in [0.2, 0.25) is 5.02 Å². The smallest absolute Gasteiger partial charge is 0.230 e. The first-order valence-electron chi connectivity index (χ1n) is 5.85.